The maximum absolute atomic E-state index is 8.97. The first kappa shape index (κ1) is 9.40. The summed E-state index contributed by atoms with van der Waals surface area (Å²) < 4.78 is 0. The van der Waals surface area contributed by atoms with Gasteiger partial charge < -0.3 is 5.11 Å². The van der Waals surface area contributed by atoms with Crippen molar-refractivity contribution in [1.29, 1.82) is 0 Å². The lowest BCUT2D eigenvalue weighted by Crippen LogP contribution is -2.11. The molecule has 0 bridgehead atoms. The van der Waals surface area contributed by atoms with Gasteiger partial charge in [-0.15, -0.1) is 0 Å². The summed E-state index contributed by atoms with van der Waals surface area (Å²) in [7, 11) is 0. The monoisotopic (exact) mass is 174 g/mol. The Morgan fingerprint density at radius 3 is 2.55 bits per heavy atom. The lowest BCUT2D eigenvalue weighted by Gasteiger charge is -2.15. The number of hydrogen-bond acceptors (Lipinski definition) is 2. The Morgan fingerprint density at radius 2 is 2.09 bits per heavy atom. The fourth-order valence-corrected chi connectivity index (χ4v) is 2.99. The molecule has 1 saturated carbocycles. The van der Waals surface area contributed by atoms with Crippen molar-refractivity contribution in [3.63, 3.8) is 0 Å². The van der Waals surface area contributed by atoms with Gasteiger partial charge in [-0.25, -0.2) is 0 Å². The van der Waals surface area contributed by atoms with Crippen LogP contribution in [0.5, 0.6) is 0 Å². The topological polar surface area (TPSA) is 20.2 Å². The molecule has 0 aromatic heterocycles. The van der Waals surface area contributed by atoms with Crippen molar-refractivity contribution in [2.45, 2.75) is 49.5 Å². The van der Waals surface area contributed by atoms with E-state index < -0.39 is 0 Å². The molecular weight excluding hydrogens is 156 g/mol. The highest BCUT2D eigenvalue weighted by atomic mass is 32.2. The van der Waals surface area contributed by atoms with E-state index in [1.165, 1.54) is 25.7 Å². The van der Waals surface area contributed by atoms with Crippen LogP contribution in [0.3, 0.4) is 0 Å². The van der Waals surface area contributed by atoms with Gasteiger partial charge in [-0.3, -0.25) is 0 Å². The molecule has 11 heavy (non-hydrogen) atoms. The lowest BCUT2D eigenvalue weighted by atomic mass is 10.3. The molecule has 1 fully saturated rings. The van der Waals surface area contributed by atoms with Crippen LogP contribution < -0.4 is 0 Å². The van der Waals surface area contributed by atoms with Crippen molar-refractivity contribution in [1.82, 2.24) is 0 Å². The molecule has 66 valence electrons. The SMILES string of the molecule is CCC(CO)SC1CCCC1. The molecule has 1 nitrogen and oxygen atoms in total. The molecule has 0 radical (unpaired) electrons. The maximum atomic E-state index is 8.97. The Kier molecular flexibility index (Phi) is 4.31. The molecule has 0 saturated heterocycles. The van der Waals surface area contributed by atoms with E-state index in [1.54, 1.807) is 0 Å². The molecule has 0 aromatic carbocycles. The number of hydrogen-bond donors (Lipinski definition) is 1. The average molecular weight is 174 g/mol. The predicted molar refractivity (Wildman–Crippen MR) is 51.0 cm³/mol. The second-order valence-corrected chi connectivity index (χ2v) is 4.86. The van der Waals surface area contributed by atoms with Crippen LogP contribution in [0.15, 0.2) is 0 Å². The highest BCUT2D eigenvalue weighted by Gasteiger charge is 2.18. The Bertz CT molecular complexity index is 95.7. The van der Waals surface area contributed by atoms with Crippen LogP contribution in [0, 0.1) is 0 Å². The van der Waals surface area contributed by atoms with Gasteiger partial charge >= 0.3 is 0 Å². The van der Waals surface area contributed by atoms with E-state index in [0.29, 0.717) is 11.9 Å². The fraction of sp³-hybridized carbons (Fsp3) is 1.00. The van der Waals surface area contributed by atoms with E-state index in [-0.39, 0.29) is 0 Å². The van der Waals surface area contributed by atoms with Gasteiger partial charge in [-0.1, -0.05) is 19.8 Å². The molecule has 0 spiro atoms. The summed E-state index contributed by atoms with van der Waals surface area (Å²) in [5, 5.41) is 10.3. The summed E-state index contributed by atoms with van der Waals surface area (Å²) in [6.45, 7) is 2.51. The van der Waals surface area contributed by atoms with Crippen LogP contribution >= 0.6 is 11.8 Å². The van der Waals surface area contributed by atoms with Gasteiger partial charge in [0.15, 0.2) is 0 Å². The molecule has 0 heterocycles. The minimum absolute atomic E-state index is 0.359. The Morgan fingerprint density at radius 1 is 1.45 bits per heavy atom. The third kappa shape index (κ3) is 3.04. The largest absolute Gasteiger partial charge is 0.395 e. The smallest absolute Gasteiger partial charge is 0.0550 e. The van der Waals surface area contributed by atoms with Crippen molar-refractivity contribution >= 4 is 11.8 Å². The standard InChI is InChI=1S/C9H18OS/c1-2-8(7-10)11-9-5-3-4-6-9/h8-10H,2-7H2,1H3. The fourth-order valence-electron chi connectivity index (χ4n) is 1.56. The van der Waals surface area contributed by atoms with Crippen LogP contribution in [-0.4, -0.2) is 22.2 Å². The molecule has 1 aliphatic rings. The summed E-state index contributed by atoms with van der Waals surface area (Å²) in [6.07, 6.45) is 6.67. The van der Waals surface area contributed by atoms with Gasteiger partial charge in [0.1, 0.15) is 0 Å². The van der Waals surface area contributed by atoms with E-state index in [1.807, 2.05) is 11.8 Å². The third-order valence-electron chi connectivity index (χ3n) is 2.35. The van der Waals surface area contributed by atoms with Crippen LogP contribution in [0.4, 0.5) is 0 Å². The van der Waals surface area contributed by atoms with Crippen LogP contribution in [0.25, 0.3) is 0 Å². The zero-order chi connectivity index (χ0) is 8.10. The highest BCUT2D eigenvalue weighted by molar-refractivity contribution is 8.00. The molecule has 1 rings (SSSR count). The van der Waals surface area contributed by atoms with E-state index in [4.69, 9.17) is 5.11 Å². The maximum Gasteiger partial charge on any atom is 0.0550 e. The van der Waals surface area contributed by atoms with Gasteiger partial charge in [0.25, 0.3) is 0 Å². The molecule has 1 unspecified atom stereocenters. The Hall–Kier alpha value is 0.310. The van der Waals surface area contributed by atoms with Crippen LogP contribution in [0.2, 0.25) is 0 Å². The molecule has 0 aliphatic heterocycles. The first-order chi connectivity index (χ1) is 5.36. The first-order valence-electron chi connectivity index (χ1n) is 4.63. The molecule has 1 N–H and O–H groups in total. The number of aliphatic hydroxyl groups excluding tert-OH is 1. The molecule has 2 heteroatoms. The second-order valence-electron chi connectivity index (χ2n) is 3.26. The Balaban J connectivity index is 2.16. The summed E-state index contributed by atoms with van der Waals surface area (Å²) in [4.78, 5) is 0. The minimum atomic E-state index is 0.359. The molecule has 1 atom stereocenters. The predicted octanol–water partition coefficient (Wildman–Crippen LogP) is 2.43. The second kappa shape index (κ2) is 5.04. The summed E-state index contributed by atoms with van der Waals surface area (Å²) >= 11 is 2.00. The number of aliphatic hydroxyl groups is 1. The zero-order valence-corrected chi connectivity index (χ0v) is 8.07. The highest BCUT2D eigenvalue weighted by Crippen LogP contribution is 2.32. The summed E-state index contributed by atoms with van der Waals surface area (Å²) in [5.41, 5.74) is 0. The average Bonchev–Trinajstić information content (AvgIpc) is 2.52. The van der Waals surface area contributed by atoms with E-state index in [0.717, 1.165) is 11.7 Å². The van der Waals surface area contributed by atoms with Crippen LogP contribution in [-0.2, 0) is 0 Å². The number of thioether (sulfide) groups is 1. The van der Waals surface area contributed by atoms with Crippen molar-refractivity contribution in [2.24, 2.45) is 0 Å². The molecule has 0 aromatic rings. The quantitative estimate of drug-likeness (QED) is 0.706. The first-order valence-corrected chi connectivity index (χ1v) is 5.57. The van der Waals surface area contributed by atoms with E-state index in [9.17, 15) is 0 Å². The minimum Gasteiger partial charge on any atom is -0.395 e. The van der Waals surface area contributed by atoms with Crippen molar-refractivity contribution in [2.75, 3.05) is 6.61 Å². The molecule has 1 aliphatic carbocycles. The van der Waals surface area contributed by atoms with Crippen LogP contribution in [0.1, 0.15) is 39.0 Å². The summed E-state index contributed by atoms with van der Waals surface area (Å²) in [6, 6.07) is 0. The van der Waals surface area contributed by atoms with Gasteiger partial charge in [-0.05, 0) is 19.3 Å². The van der Waals surface area contributed by atoms with Gasteiger partial charge in [0.2, 0.25) is 0 Å². The lowest BCUT2D eigenvalue weighted by molar-refractivity contribution is 0.292. The van der Waals surface area contributed by atoms with Gasteiger partial charge in [-0.2, -0.15) is 11.8 Å². The van der Waals surface area contributed by atoms with Gasteiger partial charge in [0.05, 0.1) is 6.61 Å². The van der Waals surface area contributed by atoms with Crippen molar-refractivity contribution in [3.05, 3.63) is 0 Å². The number of rotatable bonds is 4. The Labute approximate surface area is 73.6 Å². The summed E-state index contributed by atoms with van der Waals surface area (Å²) in [5.74, 6) is 0. The third-order valence-corrected chi connectivity index (χ3v) is 4.07. The molecule has 0 amide bonds. The normalized spacial score (nSPS) is 22.4. The zero-order valence-electron chi connectivity index (χ0n) is 7.25. The van der Waals surface area contributed by atoms with E-state index >= 15 is 0 Å². The molecular formula is C9H18OS. The van der Waals surface area contributed by atoms with Crippen molar-refractivity contribution in [3.8, 4) is 0 Å². The van der Waals surface area contributed by atoms with E-state index in [2.05, 4.69) is 6.92 Å². The van der Waals surface area contributed by atoms with Crippen molar-refractivity contribution < 1.29 is 5.11 Å². The van der Waals surface area contributed by atoms with Gasteiger partial charge in [0, 0.05) is 10.5 Å².